The number of hydrogen-bond donors (Lipinski definition) is 2. The van der Waals surface area contributed by atoms with Crippen molar-refractivity contribution >= 4 is 21.6 Å². The lowest BCUT2D eigenvalue weighted by Crippen LogP contribution is -2.43. The zero-order valence-electron chi connectivity index (χ0n) is 11.0. The van der Waals surface area contributed by atoms with Crippen LogP contribution in [-0.4, -0.2) is 31.8 Å². The molecule has 2 atom stereocenters. The van der Waals surface area contributed by atoms with Crippen molar-refractivity contribution in [2.75, 3.05) is 25.1 Å². The predicted molar refractivity (Wildman–Crippen MR) is 79.2 cm³/mol. The normalized spacial score (nSPS) is 21.6. The molecule has 1 saturated heterocycles. The maximum absolute atomic E-state index is 5.47. The quantitative estimate of drug-likeness (QED) is 0.897. The van der Waals surface area contributed by atoms with Crippen molar-refractivity contribution in [2.24, 2.45) is 0 Å². The van der Waals surface area contributed by atoms with E-state index in [2.05, 4.69) is 58.6 Å². The fourth-order valence-corrected chi connectivity index (χ4v) is 2.52. The summed E-state index contributed by atoms with van der Waals surface area (Å²) in [7, 11) is 0. The largest absolute Gasteiger partial charge is 0.383 e. The molecule has 2 rings (SSSR count). The van der Waals surface area contributed by atoms with Gasteiger partial charge in [0, 0.05) is 28.8 Å². The van der Waals surface area contributed by atoms with Crippen molar-refractivity contribution in [1.29, 1.82) is 0 Å². The van der Waals surface area contributed by atoms with Crippen molar-refractivity contribution in [3.8, 4) is 0 Å². The number of rotatable bonds is 4. The second-order valence-corrected chi connectivity index (χ2v) is 5.83. The number of anilines is 1. The smallest absolute Gasteiger partial charge is 0.0621 e. The second kappa shape index (κ2) is 6.55. The summed E-state index contributed by atoms with van der Waals surface area (Å²) in [5.41, 5.74) is 2.44. The topological polar surface area (TPSA) is 33.3 Å². The molecule has 2 N–H and O–H groups in total. The molecular formula is C14H21BrN2O. The SMILES string of the molecule is Cc1cc(NC(C)CC2COCCN2)ccc1Br. The highest BCUT2D eigenvalue weighted by Gasteiger charge is 2.16. The first-order valence-corrected chi connectivity index (χ1v) is 7.28. The first-order valence-electron chi connectivity index (χ1n) is 6.49. The maximum atomic E-state index is 5.47. The van der Waals surface area contributed by atoms with E-state index < -0.39 is 0 Å². The number of hydrogen-bond acceptors (Lipinski definition) is 3. The fraction of sp³-hybridized carbons (Fsp3) is 0.571. The third kappa shape index (κ3) is 3.97. The molecule has 0 radical (unpaired) electrons. The van der Waals surface area contributed by atoms with Crippen LogP contribution in [-0.2, 0) is 4.74 Å². The molecule has 0 bridgehead atoms. The average Bonchev–Trinajstić information content (AvgIpc) is 2.35. The Morgan fingerprint density at radius 3 is 3.06 bits per heavy atom. The predicted octanol–water partition coefficient (Wildman–Crippen LogP) is 2.94. The molecule has 0 amide bonds. The minimum absolute atomic E-state index is 0.435. The Bertz CT molecular complexity index is 391. The first kappa shape index (κ1) is 13.8. The monoisotopic (exact) mass is 312 g/mol. The van der Waals surface area contributed by atoms with Gasteiger partial charge in [-0.3, -0.25) is 0 Å². The van der Waals surface area contributed by atoms with Crippen LogP contribution in [0.2, 0.25) is 0 Å². The summed E-state index contributed by atoms with van der Waals surface area (Å²) in [4.78, 5) is 0. The van der Waals surface area contributed by atoms with Gasteiger partial charge in [-0.2, -0.15) is 0 Å². The van der Waals surface area contributed by atoms with E-state index in [1.54, 1.807) is 0 Å². The molecule has 1 aromatic rings. The van der Waals surface area contributed by atoms with Crippen molar-refractivity contribution in [3.05, 3.63) is 28.2 Å². The standard InChI is InChI=1S/C14H21BrN2O/c1-10-7-12(3-4-14(10)15)17-11(2)8-13-9-18-6-5-16-13/h3-4,7,11,13,16-17H,5-6,8-9H2,1-2H3. The summed E-state index contributed by atoms with van der Waals surface area (Å²) in [5.74, 6) is 0. The minimum Gasteiger partial charge on any atom is -0.383 e. The highest BCUT2D eigenvalue weighted by molar-refractivity contribution is 9.10. The Morgan fingerprint density at radius 2 is 2.39 bits per heavy atom. The van der Waals surface area contributed by atoms with Gasteiger partial charge in [0.25, 0.3) is 0 Å². The summed E-state index contributed by atoms with van der Waals surface area (Å²) in [5, 5.41) is 7.02. The van der Waals surface area contributed by atoms with Crippen LogP contribution in [0.3, 0.4) is 0 Å². The van der Waals surface area contributed by atoms with Gasteiger partial charge in [-0.25, -0.2) is 0 Å². The first-order chi connectivity index (χ1) is 8.65. The van der Waals surface area contributed by atoms with Gasteiger partial charge in [-0.15, -0.1) is 0 Å². The molecule has 1 aliphatic rings. The Morgan fingerprint density at radius 1 is 1.56 bits per heavy atom. The Hall–Kier alpha value is -0.580. The van der Waals surface area contributed by atoms with E-state index in [9.17, 15) is 0 Å². The van der Waals surface area contributed by atoms with Gasteiger partial charge in [0.15, 0.2) is 0 Å². The molecule has 0 aromatic heterocycles. The number of halogens is 1. The fourth-order valence-electron chi connectivity index (χ4n) is 2.28. The van der Waals surface area contributed by atoms with Crippen LogP contribution in [0.4, 0.5) is 5.69 Å². The van der Waals surface area contributed by atoms with Crippen LogP contribution in [0.25, 0.3) is 0 Å². The van der Waals surface area contributed by atoms with E-state index in [0.717, 1.165) is 30.7 Å². The summed E-state index contributed by atoms with van der Waals surface area (Å²) in [6, 6.07) is 7.28. The third-order valence-corrected chi connectivity index (χ3v) is 4.10. The lowest BCUT2D eigenvalue weighted by atomic mass is 10.1. The van der Waals surface area contributed by atoms with E-state index in [4.69, 9.17) is 4.74 Å². The van der Waals surface area contributed by atoms with Gasteiger partial charge >= 0.3 is 0 Å². The van der Waals surface area contributed by atoms with Crippen LogP contribution < -0.4 is 10.6 Å². The molecule has 2 unspecified atom stereocenters. The number of nitrogens with one attached hydrogen (secondary N) is 2. The van der Waals surface area contributed by atoms with E-state index in [1.165, 1.54) is 11.3 Å². The summed E-state index contributed by atoms with van der Waals surface area (Å²) in [6.07, 6.45) is 1.08. The summed E-state index contributed by atoms with van der Waals surface area (Å²) < 4.78 is 6.63. The summed E-state index contributed by atoms with van der Waals surface area (Å²) >= 11 is 3.52. The molecule has 0 spiro atoms. The van der Waals surface area contributed by atoms with Gasteiger partial charge in [0.1, 0.15) is 0 Å². The van der Waals surface area contributed by atoms with Gasteiger partial charge in [-0.05, 0) is 44.0 Å². The molecule has 0 aliphatic carbocycles. The van der Waals surface area contributed by atoms with Gasteiger partial charge < -0.3 is 15.4 Å². The third-order valence-electron chi connectivity index (χ3n) is 3.21. The zero-order chi connectivity index (χ0) is 13.0. The van der Waals surface area contributed by atoms with Crippen molar-refractivity contribution in [2.45, 2.75) is 32.4 Å². The molecule has 3 nitrogen and oxygen atoms in total. The average molecular weight is 313 g/mol. The Kier molecular flexibility index (Phi) is 5.03. The number of morpholine rings is 1. The van der Waals surface area contributed by atoms with Crippen molar-refractivity contribution in [3.63, 3.8) is 0 Å². The molecule has 4 heteroatoms. The van der Waals surface area contributed by atoms with Crippen LogP contribution in [0.1, 0.15) is 18.9 Å². The van der Waals surface area contributed by atoms with Crippen molar-refractivity contribution < 1.29 is 4.74 Å². The lowest BCUT2D eigenvalue weighted by molar-refractivity contribution is 0.0731. The molecular weight excluding hydrogens is 292 g/mol. The van der Waals surface area contributed by atoms with Gasteiger partial charge in [0.2, 0.25) is 0 Å². The maximum Gasteiger partial charge on any atom is 0.0621 e. The minimum atomic E-state index is 0.435. The second-order valence-electron chi connectivity index (χ2n) is 4.97. The number of aryl methyl sites for hydroxylation is 1. The van der Waals surface area contributed by atoms with Crippen molar-refractivity contribution in [1.82, 2.24) is 5.32 Å². The Balaban J connectivity index is 1.85. The van der Waals surface area contributed by atoms with Crippen LogP contribution >= 0.6 is 15.9 Å². The highest BCUT2D eigenvalue weighted by Crippen LogP contribution is 2.21. The molecule has 1 fully saturated rings. The molecule has 18 heavy (non-hydrogen) atoms. The van der Waals surface area contributed by atoms with Gasteiger partial charge in [-0.1, -0.05) is 15.9 Å². The zero-order valence-corrected chi connectivity index (χ0v) is 12.6. The number of benzene rings is 1. The van der Waals surface area contributed by atoms with E-state index in [0.29, 0.717) is 12.1 Å². The molecule has 1 aromatic carbocycles. The number of ether oxygens (including phenoxy) is 1. The molecule has 100 valence electrons. The van der Waals surface area contributed by atoms with E-state index in [1.807, 2.05) is 0 Å². The summed E-state index contributed by atoms with van der Waals surface area (Å²) in [6.45, 7) is 6.95. The van der Waals surface area contributed by atoms with Crippen LogP contribution in [0.15, 0.2) is 22.7 Å². The molecule has 0 saturated carbocycles. The van der Waals surface area contributed by atoms with Crippen LogP contribution in [0, 0.1) is 6.92 Å². The molecule has 1 aliphatic heterocycles. The van der Waals surface area contributed by atoms with E-state index in [-0.39, 0.29) is 0 Å². The lowest BCUT2D eigenvalue weighted by Gasteiger charge is -2.27. The molecule has 1 heterocycles. The Labute approximate surface area is 117 Å². The van der Waals surface area contributed by atoms with Gasteiger partial charge in [0.05, 0.1) is 13.2 Å². The van der Waals surface area contributed by atoms with E-state index >= 15 is 0 Å². The highest BCUT2D eigenvalue weighted by atomic mass is 79.9. The van der Waals surface area contributed by atoms with Crippen LogP contribution in [0.5, 0.6) is 0 Å².